The van der Waals surface area contributed by atoms with E-state index in [0.717, 1.165) is 23.3 Å². The van der Waals surface area contributed by atoms with Crippen LogP contribution in [0.1, 0.15) is 35.9 Å². The van der Waals surface area contributed by atoms with Gasteiger partial charge in [-0.1, -0.05) is 12.1 Å². The minimum Gasteiger partial charge on any atom is -0.390 e. The van der Waals surface area contributed by atoms with Gasteiger partial charge in [0.15, 0.2) is 11.5 Å². The molecule has 2 fully saturated rings. The van der Waals surface area contributed by atoms with Crippen LogP contribution < -0.4 is 5.73 Å². The predicted octanol–water partition coefficient (Wildman–Crippen LogP) is 4.41. The molecule has 6 rings (SSSR count). The quantitative estimate of drug-likeness (QED) is 0.360. The third-order valence-corrected chi connectivity index (χ3v) is 6.81. The van der Waals surface area contributed by atoms with Gasteiger partial charge < -0.3 is 10.8 Å². The summed E-state index contributed by atoms with van der Waals surface area (Å²) in [6, 6.07) is 6.47. The summed E-state index contributed by atoms with van der Waals surface area (Å²) in [5.74, 6) is 0.220. The van der Waals surface area contributed by atoms with Gasteiger partial charge in [-0.3, -0.25) is 9.30 Å². The summed E-state index contributed by atoms with van der Waals surface area (Å²) >= 11 is 0. The van der Waals surface area contributed by atoms with E-state index < -0.39 is 24.4 Å². The highest BCUT2D eigenvalue weighted by molar-refractivity contribution is 5.86. The Morgan fingerprint density at radius 3 is 2.43 bits per heavy atom. The number of fused-ring (bicyclic) bond motifs is 2. The number of nitrogens with two attached hydrogens (primary N) is 1. The number of aliphatic hydroxyl groups is 1. The molecule has 4 aromatic rings. The highest BCUT2D eigenvalue weighted by Crippen LogP contribution is 2.43. The molecular formula is C24H24Cl2F4N6O. The number of nitrogens with zero attached hydrogens (tertiary/aromatic N) is 5. The summed E-state index contributed by atoms with van der Waals surface area (Å²) < 4.78 is 58.0. The zero-order chi connectivity index (χ0) is 24.5. The first kappa shape index (κ1) is 27.5. The van der Waals surface area contributed by atoms with Crippen LogP contribution in [-0.4, -0.2) is 61.0 Å². The molecule has 1 aliphatic heterocycles. The third-order valence-electron chi connectivity index (χ3n) is 6.81. The van der Waals surface area contributed by atoms with Crippen molar-refractivity contribution in [3.8, 4) is 11.5 Å². The second-order valence-corrected chi connectivity index (χ2v) is 9.38. The molecular weight excluding hydrogens is 535 g/mol. The fourth-order valence-electron chi connectivity index (χ4n) is 4.96. The van der Waals surface area contributed by atoms with Gasteiger partial charge in [-0.05, 0) is 54.2 Å². The van der Waals surface area contributed by atoms with Crippen molar-refractivity contribution in [2.75, 3.05) is 13.1 Å². The van der Waals surface area contributed by atoms with Crippen LogP contribution in [0.2, 0.25) is 0 Å². The summed E-state index contributed by atoms with van der Waals surface area (Å²) in [5, 5.41) is 18.9. The monoisotopic (exact) mass is 558 g/mol. The Bertz CT molecular complexity index is 1430. The molecule has 1 aromatic carbocycles. The molecule has 2 aliphatic rings. The molecule has 1 aliphatic carbocycles. The van der Waals surface area contributed by atoms with Crippen LogP contribution in [0, 0.1) is 5.82 Å². The molecule has 3 N–H and O–H groups in total. The van der Waals surface area contributed by atoms with Crippen molar-refractivity contribution in [1.29, 1.82) is 0 Å². The molecule has 4 heterocycles. The highest BCUT2D eigenvalue weighted by Gasteiger charge is 2.48. The van der Waals surface area contributed by atoms with E-state index in [1.54, 1.807) is 12.1 Å². The van der Waals surface area contributed by atoms with E-state index in [2.05, 4.69) is 10.2 Å². The van der Waals surface area contributed by atoms with Gasteiger partial charge in [0.05, 0.1) is 11.6 Å². The lowest BCUT2D eigenvalue weighted by Gasteiger charge is -2.29. The van der Waals surface area contributed by atoms with Gasteiger partial charge in [0.25, 0.3) is 0 Å². The lowest BCUT2D eigenvalue weighted by Crippen LogP contribution is -2.38. The Kier molecular flexibility index (Phi) is 7.39. The maximum atomic E-state index is 14.1. The molecule has 1 saturated heterocycles. The number of halogens is 6. The molecule has 13 heteroatoms. The average molecular weight is 559 g/mol. The zero-order valence-corrected chi connectivity index (χ0v) is 20.9. The summed E-state index contributed by atoms with van der Waals surface area (Å²) in [4.78, 5) is 5.86. The molecule has 3 aromatic heterocycles. The van der Waals surface area contributed by atoms with Gasteiger partial charge in [-0.25, -0.2) is 9.37 Å². The molecule has 0 unspecified atom stereocenters. The van der Waals surface area contributed by atoms with Crippen molar-refractivity contribution >= 4 is 41.4 Å². The Labute approximate surface area is 221 Å². The van der Waals surface area contributed by atoms with Gasteiger partial charge in [-0.2, -0.15) is 13.2 Å². The summed E-state index contributed by atoms with van der Waals surface area (Å²) in [5.41, 5.74) is 8.05. The van der Waals surface area contributed by atoms with Crippen LogP contribution in [-0.2, 0) is 0 Å². The smallest absolute Gasteiger partial charge is 0.390 e. The topological polar surface area (TPSA) is 92.6 Å². The van der Waals surface area contributed by atoms with E-state index >= 15 is 0 Å². The molecule has 7 nitrogen and oxygen atoms in total. The van der Waals surface area contributed by atoms with E-state index in [9.17, 15) is 22.7 Å². The molecule has 0 bridgehead atoms. The highest BCUT2D eigenvalue weighted by atomic mass is 35.5. The molecule has 0 amide bonds. The number of benzene rings is 1. The number of aromatic nitrogens is 4. The number of aliphatic hydroxyl groups excluding tert-OH is 1. The first-order valence-electron chi connectivity index (χ1n) is 11.4. The van der Waals surface area contributed by atoms with Crippen LogP contribution in [0.15, 0.2) is 42.6 Å². The van der Waals surface area contributed by atoms with E-state index in [0.29, 0.717) is 22.2 Å². The molecule has 0 radical (unpaired) electrons. The lowest BCUT2D eigenvalue weighted by molar-refractivity contribution is -0.184. The molecule has 37 heavy (non-hydrogen) atoms. The first-order chi connectivity index (χ1) is 16.7. The fraction of sp³-hybridized carbons (Fsp3) is 0.375. The molecule has 198 valence electrons. The number of likely N-dealkylation sites (tertiary alicyclic amines) is 1. The Balaban J connectivity index is 0.00000160. The maximum absolute atomic E-state index is 14.1. The van der Waals surface area contributed by atoms with E-state index in [4.69, 9.17) is 10.7 Å². The van der Waals surface area contributed by atoms with Gasteiger partial charge in [0, 0.05) is 30.7 Å². The minimum atomic E-state index is -4.59. The second-order valence-electron chi connectivity index (χ2n) is 9.38. The van der Waals surface area contributed by atoms with Crippen LogP contribution in [0.25, 0.3) is 28.1 Å². The zero-order valence-electron chi connectivity index (χ0n) is 19.3. The largest absolute Gasteiger partial charge is 0.408 e. The predicted molar refractivity (Wildman–Crippen MR) is 135 cm³/mol. The van der Waals surface area contributed by atoms with E-state index in [1.807, 2.05) is 0 Å². The average Bonchev–Trinajstić information content (AvgIpc) is 3.48. The number of alkyl halides is 3. The first-order valence-corrected chi connectivity index (χ1v) is 11.4. The number of β-amino-alcohol motifs (C(OH)–C–C–N with tert-alkyl or cyclic N) is 1. The summed E-state index contributed by atoms with van der Waals surface area (Å²) in [6.45, 7) is -0.254. The molecule has 3 atom stereocenters. The van der Waals surface area contributed by atoms with Crippen LogP contribution in [0.5, 0.6) is 0 Å². The van der Waals surface area contributed by atoms with Gasteiger partial charge in [0.1, 0.15) is 17.6 Å². The van der Waals surface area contributed by atoms with Crippen LogP contribution in [0.3, 0.4) is 0 Å². The van der Waals surface area contributed by atoms with Crippen molar-refractivity contribution in [2.24, 2.45) is 5.73 Å². The third kappa shape index (κ3) is 4.98. The van der Waals surface area contributed by atoms with Crippen molar-refractivity contribution in [3.63, 3.8) is 0 Å². The number of pyridine rings is 2. The number of rotatable bonds is 4. The van der Waals surface area contributed by atoms with Crippen molar-refractivity contribution < 1.29 is 22.7 Å². The van der Waals surface area contributed by atoms with Crippen molar-refractivity contribution in [1.82, 2.24) is 24.5 Å². The summed E-state index contributed by atoms with van der Waals surface area (Å²) in [7, 11) is 0. The minimum absolute atomic E-state index is 0. The SMILES string of the molecule is Cl.Cl.N[C@@H]1CN([C@H](c2ccc3nnc(-c4ccc5cc(F)cc(C6CC6)c5n4)n3c2)C(F)(F)F)C[C@H]1O. The fourth-order valence-corrected chi connectivity index (χ4v) is 4.96. The number of hydrogen-bond donors (Lipinski definition) is 2. The standard InChI is InChI=1S/C24H22F4N6O.2ClH/c25-15-7-13-3-5-18(30-21(13)16(8-15)12-1-2-12)23-32-31-20-6-4-14(9-34(20)23)22(24(26,27)28)33-10-17(29)19(35)11-33;;/h3-9,12,17,19,22,35H,1-2,10-11,29H2;2*1H/t17-,19-,22-;;/m1../s1. The normalized spacial score (nSPS) is 21.1. The number of hydrogen-bond acceptors (Lipinski definition) is 6. The van der Waals surface area contributed by atoms with Crippen LogP contribution >= 0.6 is 24.8 Å². The van der Waals surface area contributed by atoms with Gasteiger partial charge in [-0.15, -0.1) is 35.0 Å². The van der Waals surface area contributed by atoms with Crippen molar-refractivity contribution in [3.05, 3.63) is 59.5 Å². The van der Waals surface area contributed by atoms with Crippen molar-refractivity contribution in [2.45, 2.75) is 43.1 Å². The van der Waals surface area contributed by atoms with Gasteiger partial charge >= 0.3 is 6.18 Å². The van der Waals surface area contributed by atoms with E-state index in [1.165, 1.54) is 34.9 Å². The van der Waals surface area contributed by atoms with E-state index in [-0.39, 0.29) is 61.0 Å². The Hall–Kier alpha value is -2.57. The Morgan fingerprint density at radius 1 is 1.03 bits per heavy atom. The maximum Gasteiger partial charge on any atom is 0.408 e. The van der Waals surface area contributed by atoms with Gasteiger partial charge in [0.2, 0.25) is 0 Å². The lowest BCUT2D eigenvalue weighted by atomic mass is 10.0. The second kappa shape index (κ2) is 9.95. The molecule has 0 spiro atoms. The van der Waals surface area contributed by atoms with Crippen LogP contribution in [0.4, 0.5) is 17.6 Å². The summed E-state index contributed by atoms with van der Waals surface area (Å²) in [6.07, 6.45) is -2.32. The molecule has 1 saturated carbocycles. The Morgan fingerprint density at radius 2 is 1.78 bits per heavy atom.